The SMILES string of the molecule is CCC1CNC2(CCCC2)CN1c1ccc(Cl)cc1F. The fraction of sp³-hybridized carbons (Fsp3) is 0.625. The number of piperazine rings is 1. The van der Waals surface area contributed by atoms with Crippen molar-refractivity contribution in [1.82, 2.24) is 5.32 Å². The maximum Gasteiger partial charge on any atom is 0.147 e. The predicted molar refractivity (Wildman–Crippen MR) is 82.0 cm³/mol. The number of hydrogen-bond donors (Lipinski definition) is 1. The van der Waals surface area contributed by atoms with Crippen LogP contribution in [0.2, 0.25) is 5.02 Å². The van der Waals surface area contributed by atoms with Crippen molar-refractivity contribution in [1.29, 1.82) is 0 Å². The van der Waals surface area contributed by atoms with E-state index in [4.69, 9.17) is 11.6 Å². The highest BCUT2D eigenvalue weighted by Crippen LogP contribution is 2.36. The molecule has 110 valence electrons. The van der Waals surface area contributed by atoms with Gasteiger partial charge in [0.05, 0.1) is 5.69 Å². The summed E-state index contributed by atoms with van der Waals surface area (Å²) >= 11 is 5.88. The zero-order chi connectivity index (χ0) is 14.2. The Kier molecular flexibility index (Phi) is 3.91. The van der Waals surface area contributed by atoms with Gasteiger partial charge < -0.3 is 10.2 Å². The van der Waals surface area contributed by atoms with Crippen LogP contribution in [-0.4, -0.2) is 24.7 Å². The lowest BCUT2D eigenvalue weighted by Gasteiger charge is -2.47. The van der Waals surface area contributed by atoms with E-state index >= 15 is 0 Å². The molecule has 1 aliphatic carbocycles. The first-order chi connectivity index (χ1) is 9.63. The van der Waals surface area contributed by atoms with Crippen LogP contribution >= 0.6 is 11.6 Å². The second-order valence-corrected chi connectivity index (χ2v) is 6.59. The molecule has 1 saturated heterocycles. The summed E-state index contributed by atoms with van der Waals surface area (Å²) in [6, 6.07) is 5.40. The van der Waals surface area contributed by atoms with Gasteiger partial charge in [-0.2, -0.15) is 0 Å². The fourth-order valence-corrected chi connectivity index (χ4v) is 3.86. The third-order valence-corrected chi connectivity index (χ3v) is 5.11. The summed E-state index contributed by atoms with van der Waals surface area (Å²) < 4.78 is 14.3. The minimum Gasteiger partial charge on any atom is -0.363 e. The number of rotatable bonds is 2. The second-order valence-electron chi connectivity index (χ2n) is 6.15. The average Bonchev–Trinajstić information content (AvgIpc) is 2.87. The van der Waals surface area contributed by atoms with Gasteiger partial charge in [0.15, 0.2) is 0 Å². The Labute approximate surface area is 125 Å². The van der Waals surface area contributed by atoms with Crippen LogP contribution in [0.25, 0.3) is 0 Å². The van der Waals surface area contributed by atoms with Crippen molar-refractivity contribution in [3.63, 3.8) is 0 Å². The summed E-state index contributed by atoms with van der Waals surface area (Å²) in [5.41, 5.74) is 0.895. The first-order valence-corrected chi connectivity index (χ1v) is 7.98. The minimum absolute atomic E-state index is 0.192. The summed E-state index contributed by atoms with van der Waals surface area (Å²) in [5, 5.41) is 4.20. The summed E-state index contributed by atoms with van der Waals surface area (Å²) in [6.45, 7) is 4.02. The van der Waals surface area contributed by atoms with Gasteiger partial charge in [0.2, 0.25) is 0 Å². The van der Waals surface area contributed by atoms with Crippen LogP contribution in [0.15, 0.2) is 18.2 Å². The Balaban J connectivity index is 1.90. The third kappa shape index (κ3) is 2.53. The largest absolute Gasteiger partial charge is 0.363 e. The molecule has 3 rings (SSSR count). The second kappa shape index (κ2) is 5.53. The van der Waals surface area contributed by atoms with Gasteiger partial charge in [0, 0.05) is 29.7 Å². The minimum atomic E-state index is -0.203. The van der Waals surface area contributed by atoms with Crippen molar-refractivity contribution in [3.8, 4) is 0 Å². The molecule has 0 aromatic heterocycles. The number of benzene rings is 1. The van der Waals surface area contributed by atoms with Crippen molar-refractivity contribution >= 4 is 17.3 Å². The number of halogens is 2. The zero-order valence-corrected chi connectivity index (χ0v) is 12.7. The van der Waals surface area contributed by atoms with E-state index in [-0.39, 0.29) is 11.4 Å². The normalized spacial score (nSPS) is 25.4. The lowest BCUT2D eigenvalue weighted by Crippen LogP contribution is -2.63. The van der Waals surface area contributed by atoms with E-state index in [0.717, 1.165) is 19.5 Å². The molecule has 2 aliphatic rings. The molecule has 0 amide bonds. The molecule has 1 aromatic rings. The lowest BCUT2D eigenvalue weighted by atomic mass is 9.91. The molecule has 1 N–H and O–H groups in total. The van der Waals surface area contributed by atoms with Gasteiger partial charge in [0.1, 0.15) is 5.82 Å². The molecule has 0 radical (unpaired) electrons. The van der Waals surface area contributed by atoms with Crippen LogP contribution in [0.1, 0.15) is 39.0 Å². The maximum absolute atomic E-state index is 14.3. The van der Waals surface area contributed by atoms with E-state index in [1.807, 2.05) is 6.07 Å². The van der Waals surface area contributed by atoms with Gasteiger partial charge in [-0.3, -0.25) is 0 Å². The summed E-state index contributed by atoms with van der Waals surface area (Å²) in [6.07, 6.45) is 5.98. The van der Waals surface area contributed by atoms with Crippen molar-refractivity contribution in [2.45, 2.75) is 50.6 Å². The molecule has 1 unspecified atom stereocenters. The third-order valence-electron chi connectivity index (χ3n) is 4.88. The van der Waals surface area contributed by atoms with E-state index in [1.54, 1.807) is 6.07 Å². The Bertz CT molecular complexity index is 485. The summed E-state index contributed by atoms with van der Waals surface area (Å²) in [4.78, 5) is 2.26. The maximum atomic E-state index is 14.3. The molecule has 1 spiro atoms. The van der Waals surface area contributed by atoms with Crippen LogP contribution in [0.5, 0.6) is 0 Å². The highest BCUT2D eigenvalue weighted by molar-refractivity contribution is 6.30. The van der Waals surface area contributed by atoms with Gasteiger partial charge in [0.25, 0.3) is 0 Å². The molecule has 1 aliphatic heterocycles. The molecular weight excluding hydrogens is 275 g/mol. The van der Waals surface area contributed by atoms with Gasteiger partial charge in [-0.05, 0) is 37.5 Å². The molecule has 0 bridgehead atoms. The Morgan fingerprint density at radius 1 is 1.40 bits per heavy atom. The molecule has 4 heteroatoms. The van der Waals surface area contributed by atoms with Crippen LogP contribution in [0.4, 0.5) is 10.1 Å². The lowest BCUT2D eigenvalue weighted by molar-refractivity contribution is 0.266. The highest BCUT2D eigenvalue weighted by Gasteiger charge is 2.41. The molecule has 20 heavy (non-hydrogen) atoms. The predicted octanol–water partition coefficient (Wildman–Crippen LogP) is 3.98. The van der Waals surface area contributed by atoms with E-state index in [0.29, 0.717) is 16.8 Å². The number of hydrogen-bond acceptors (Lipinski definition) is 2. The van der Waals surface area contributed by atoms with Gasteiger partial charge in [-0.25, -0.2) is 4.39 Å². The molecule has 2 nitrogen and oxygen atoms in total. The first-order valence-electron chi connectivity index (χ1n) is 7.60. The monoisotopic (exact) mass is 296 g/mol. The van der Waals surface area contributed by atoms with Crippen LogP contribution in [0, 0.1) is 5.82 Å². The van der Waals surface area contributed by atoms with Crippen molar-refractivity contribution in [2.75, 3.05) is 18.0 Å². The Morgan fingerprint density at radius 2 is 2.15 bits per heavy atom. The standard InChI is InChI=1S/C16H22ClFN2/c1-2-13-10-19-16(7-3-4-8-16)11-20(13)15-6-5-12(17)9-14(15)18/h5-6,9,13,19H,2-4,7-8,10-11H2,1H3. The molecule has 1 aromatic carbocycles. The zero-order valence-electron chi connectivity index (χ0n) is 12.0. The smallest absolute Gasteiger partial charge is 0.147 e. The van der Waals surface area contributed by atoms with Gasteiger partial charge >= 0.3 is 0 Å². The molecule has 1 saturated carbocycles. The van der Waals surface area contributed by atoms with Gasteiger partial charge in [-0.15, -0.1) is 0 Å². The van der Waals surface area contributed by atoms with Crippen LogP contribution < -0.4 is 10.2 Å². The number of anilines is 1. The fourth-order valence-electron chi connectivity index (χ4n) is 3.70. The summed E-state index contributed by atoms with van der Waals surface area (Å²) in [5.74, 6) is -0.203. The van der Waals surface area contributed by atoms with Crippen LogP contribution in [0.3, 0.4) is 0 Å². The van der Waals surface area contributed by atoms with E-state index < -0.39 is 0 Å². The van der Waals surface area contributed by atoms with E-state index in [2.05, 4.69) is 17.1 Å². The van der Waals surface area contributed by atoms with E-state index in [1.165, 1.54) is 31.7 Å². The molecule has 1 atom stereocenters. The Hall–Kier alpha value is -0.800. The van der Waals surface area contributed by atoms with Crippen LogP contribution in [-0.2, 0) is 0 Å². The number of nitrogens with zero attached hydrogens (tertiary/aromatic N) is 1. The number of nitrogens with one attached hydrogen (secondary N) is 1. The van der Waals surface area contributed by atoms with Crippen molar-refractivity contribution in [2.24, 2.45) is 0 Å². The topological polar surface area (TPSA) is 15.3 Å². The average molecular weight is 297 g/mol. The van der Waals surface area contributed by atoms with E-state index in [9.17, 15) is 4.39 Å². The highest BCUT2D eigenvalue weighted by atomic mass is 35.5. The Morgan fingerprint density at radius 3 is 2.80 bits per heavy atom. The molecule has 1 heterocycles. The molecule has 2 fully saturated rings. The van der Waals surface area contributed by atoms with Crippen molar-refractivity contribution in [3.05, 3.63) is 29.0 Å². The molecular formula is C16H22ClFN2. The first kappa shape index (κ1) is 14.2. The quantitative estimate of drug-likeness (QED) is 0.888. The van der Waals surface area contributed by atoms with Gasteiger partial charge in [-0.1, -0.05) is 31.4 Å². The summed E-state index contributed by atoms with van der Waals surface area (Å²) in [7, 11) is 0. The van der Waals surface area contributed by atoms with Crippen molar-refractivity contribution < 1.29 is 4.39 Å².